The van der Waals surface area contributed by atoms with Crippen LogP contribution in [0.4, 0.5) is 4.79 Å². The number of dihydropyridines is 1. The minimum absolute atomic E-state index is 0.0151. The fourth-order valence-electron chi connectivity index (χ4n) is 4.27. The number of hydrogen-bond acceptors (Lipinski definition) is 5. The van der Waals surface area contributed by atoms with Gasteiger partial charge in [0.2, 0.25) is 5.91 Å². The Labute approximate surface area is 216 Å². The van der Waals surface area contributed by atoms with Crippen LogP contribution in [-0.4, -0.2) is 67.7 Å². The summed E-state index contributed by atoms with van der Waals surface area (Å²) in [6.45, 7) is 1.68. The Morgan fingerprint density at radius 1 is 1.11 bits per heavy atom. The Morgan fingerprint density at radius 3 is 2.44 bits per heavy atom. The fraction of sp³-hybridized carbons (Fsp3) is 0.333. The van der Waals surface area contributed by atoms with Gasteiger partial charge in [0, 0.05) is 31.9 Å². The van der Waals surface area contributed by atoms with E-state index >= 15 is 0 Å². The van der Waals surface area contributed by atoms with Crippen molar-refractivity contribution in [3.63, 3.8) is 0 Å². The summed E-state index contributed by atoms with van der Waals surface area (Å²) >= 11 is 5.98. The second-order valence-corrected chi connectivity index (χ2v) is 9.45. The molecular weight excluding hydrogens is 478 g/mol. The zero-order valence-corrected chi connectivity index (χ0v) is 21.2. The van der Waals surface area contributed by atoms with Gasteiger partial charge in [-0.05, 0) is 41.8 Å². The molecule has 0 aromatic heterocycles. The minimum atomic E-state index is -0.499. The summed E-state index contributed by atoms with van der Waals surface area (Å²) in [6, 6.07) is 16.9. The van der Waals surface area contributed by atoms with Gasteiger partial charge < -0.3 is 30.5 Å². The molecule has 3 N–H and O–H groups in total. The van der Waals surface area contributed by atoms with Gasteiger partial charge in [-0.25, -0.2) is 4.79 Å². The molecular formula is C27H32ClN5O3. The van der Waals surface area contributed by atoms with Crippen molar-refractivity contribution in [3.8, 4) is 0 Å². The first-order valence-corrected chi connectivity index (χ1v) is 12.4. The quantitative estimate of drug-likeness (QED) is 0.484. The van der Waals surface area contributed by atoms with Crippen molar-refractivity contribution in [1.29, 1.82) is 0 Å². The van der Waals surface area contributed by atoms with E-state index in [2.05, 4.69) is 16.0 Å². The highest BCUT2D eigenvalue weighted by Crippen LogP contribution is 2.17. The Morgan fingerprint density at radius 2 is 1.81 bits per heavy atom. The lowest BCUT2D eigenvalue weighted by Crippen LogP contribution is -2.53. The van der Waals surface area contributed by atoms with Crippen LogP contribution >= 0.6 is 11.6 Å². The van der Waals surface area contributed by atoms with Gasteiger partial charge in [-0.1, -0.05) is 54.1 Å². The van der Waals surface area contributed by atoms with Crippen LogP contribution in [0.15, 0.2) is 78.7 Å². The molecule has 0 aliphatic carbocycles. The molecule has 2 aromatic rings. The van der Waals surface area contributed by atoms with Gasteiger partial charge >= 0.3 is 6.03 Å². The zero-order valence-electron chi connectivity index (χ0n) is 20.5. The molecule has 9 heteroatoms. The molecule has 0 spiro atoms. The molecule has 8 nitrogen and oxygen atoms in total. The fourth-order valence-corrected chi connectivity index (χ4v) is 4.39. The summed E-state index contributed by atoms with van der Waals surface area (Å²) in [6.07, 6.45) is 5.71. The summed E-state index contributed by atoms with van der Waals surface area (Å²) in [5.41, 5.74) is 2.04. The van der Waals surface area contributed by atoms with E-state index in [1.807, 2.05) is 66.7 Å². The molecule has 3 amide bonds. The molecule has 2 aliphatic rings. The predicted octanol–water partition coefficient (Wildman–Crippen LogP) is 3.04. The highest BCUT2D eigenvalue weighted by atomic mass is 35.5. The van der Waals surface area contributed by atoms with Gasteiger partial charge in [0.25, 0.3) is 0 Å². The van der Waals surface area contributed by atoms with E-state index in [0.29, 0.717) is 30.4 Å². The van der Waals surface area contributed by atoms with E-state index in [0.717, 1.165) is 17.5 Å². The van der Waals surface area contributed by atoms with Crippen LogP contribution in [0.5, 0.6) is 0 Å². The standard InChI is InChI=1S/C27H32ClN5O3/c1-32-17-23(18-33(2)27(32)35)36-22-12-13-24(30-16-22)31-26(34)25(20-6-4-3-5-7-20)29-15-14-19-8-10-21(28)11-9-19/h3-13,16,23-25,29-30H,14-15,17-18H2,1-2H3,(H,31,34). The van der Waals surface area contributed by atoms with Crippen LogP contribution in [0.1, 0.15) is 17.2 Å². The summed E-state index contributed by atoms with van der Waals surface area (Å²) in [7, 11) is 3.52. The molecule has 0 saturated carbocycles. The van der Waals surface area contributed by atoms with Crippen LogP contribution in [0.2, 0.25) is 5.02 Å². The van der Waals surface area contributed by atoms with Crippen LogP contribution in [-0.2, 0) is 16.0 Å². The first-order valence-electron chi connectivity index (χ1n) is 12.0. The summed E-state index contributed by atoms with van der Waals surface area (Å²) in [5, 5.41) is 10.3. The Kier molecular flexibility index (Phi) is 8.51. The molecule has 2 unspecified atom stereocenters. The number of benzene rings is 2. The van der Waals surface area contributed by atoms with E-state index in [4.69, 9.17) is 16.3 Å². The number of carbonyl (C=O) groups excluding carboxylic acids is 2. The third-order valence-corrected chi connectivity index (χ3v) is 6.39. The molecule has 36 heavy (non-hydrogen) atoms. The van der Waals surface area contributed by atoms with Gasteiger partial charge in [0.05, 0.1) is 13.1 Å². The number of allylic oxidation sites excluding steroid dienone is 1. The van der Waals surface area contributed by atoms with Gasteiger partial charge in [0.15, 0.2) is 0 Å². The second-order valence-electron chi connectivity index (χ2n) is 9.02. The number of halogens is 1. The van der Waals surface area contributed by atoms with Crippen molar-refractivity contribution >= 4 is 23.5 Å². The molecule has 4 rings (SSSR count). The van der Waals surface area contributed by atoms with E-state index in [1.165, 1.54) is 0 Å². The highest BCUT2D eigenvalue weighted by Gasteiger charge is 2.29. The molecule has 2 heterocycles. The number of likely N-dealkylation sites (N-methyl/N-ethyl adjacent to an activating group) is 2. The second kappa shape index (κ2) is 12.0. The van der Waals surface area contributed by atoms with E-state index in [9.17, 15) is 9.59 Å². The van der Waals surface area contributed by atoms with E-state index in [-0.39, 0.29) is 24.2 Å². The van der Waals surface area contributed by atoms with Gasteiger partial charge in [0.1, 0.15) is 24.1 Å². The number of carbonyl (C=O) groups is 2. The molecule has 2 aliphatic heterocycles. The van der Waals surface area contributed by atoms with Crippen LogP contribution in [0, 0.1) is 0 Å². The Hall–Kier alpha value is -3.49. The summed E-state index contributed by atoms with van der Waals surface area (Å²) < 4.78 is 6.04. The average Bonchev–Trinajstić information content (AvgIpc) is 2.88. The lowest BCUT2D eigenvalue weighted by atomic mass is 10.1. The maximum atomic E-state index is 13.2. The maximum Gasteiger partial charge on any atom is 0.319 e. The van der Waals surface area contributed by atoms with Gasteiger partial charge in [-0.15, -0.1) is 0 Å². The highest BCUT2D eigenvalue weighted by molar-refractivity contribution is 6.30. The molecule has 2 atom stereocenters. The van der Waals surface area contributed by atoms with Crippen molar-refractivity contribution < 1.29 is 14.3 Å². The monoisotopic (exact) mass is 509 g/mol. The molecule has 1 fully saturated rings. The lowest BCUT2D eigenvalue weighted by molar-refractivity contribution is -0.123. The van der Waals surface area contributed by atoms with Crippen molar-refractivity contribution in [2.24, 2.45) is 0 Å². The predicted molar refractivity (Wildman–Crippen MR) is 140 cm³/mol. The number of nitrogens with one attached hydrogen (secondary N) is 3. The smallest absolute Gasteiger partial charge is 0.319 e. The van der Waals surface area contributed by atoms with Crippen molar-refractivity contribution in [2.45, 2.75) is 24.7 Å². The SMILES string of the molecule is CN1CC(OC2=CNC(NC(=O)C(NCCc3ccc(Cl)cc3)c3ccccc3)C=C2)CN(C)C1=O. The third-order valence-electron chi connectivity index (χ3n) is 6.14. The van der Waals surface area contributed by atoms with Crippen molar-refractivity contribution in [3.05, 3.63) is 94.9 Å². The normalized spacial score (nSPS) is 18.9. The molecule has 0 bridgehead atoms. The third kappa shape index (κ3) is 6.80. The molecule has 1 saturated heterocycles. The van der Waals surface area contributed by atoms with Crippen LogP contribution in [0.25, 0.3) is 0 Å². The average molecular weight is 510 g/mol. The van der Waals surface area contributed by atoms with Crippen LogP contribution in [0.3, 0.4) is 0 Å². The Bertz CT molecular complexity index is 1090. The number of rotatable bonds is 9. The number of ether oxygens (including phenoxy) is 1. The Balaban J connectivity index is 1.31. The topological polar surface area (TPSA) is 85.9 Å². The first kappa shape index (κ1) is 25.6. The lowest BCUT2D eigenvalue weighted by Gasteiger charge is -2.36. The summed E-state index contributed by atoms with van der Waals surface area (Å²) in [5.74, 6) is 0.522. The molecule has 0 radical (unpaired) electrons. The number of hydrogen-bond donors (Lipinski definition) is 3. The van der Waals surface area contributed by atoms with Gasteiger partial charge in [-0.2, -0.15) is 0 Å². The minimum Gasteiger partial charge on any atom is -0.485 e. The van der Waals surface area contributed by atoms with Gasteiger partial charge in [-0.3, -0.25) is 4.79 Å². The maximum absolute atomic E-state index is 13.2. The molecule has 190 valence electrons. The van der Waals surface area contributed by atoms with Crippen molar-refractivity contribution in [2.75, 3.05) is 33.7 Å². The van der Waals surface area contributed by atoms with E-state index in [1.54, 1.807) is 30.1 Å². The largest absolute Gasteiger partial charge is 0.485 e. The zero-order chi connectivity index (χ0) is 25.5. The number of urea groups is 1. The van der Waals surface area contributed by atoms with Crippen molar-refractivity contribution in [1.82, 2.24) is 25.8 Å². The number of nitrogens with zero attached hydrogens (tertiary/aromatic N) is 2. The van der Waals surface area contributed by atoms with Crippen LogP contribution < -0.4 is 16.0 Å². The first-order chi connectivity index (χ1) is 17.4. The molecule has 2 aromatic carbocycles. The number of amides is 3. The van der Waals surface area contributed by atoms with E-state index < -0.39 is 6.04 Å². The summed E-state index contributed by atoms with van der Waals surface area (Å²) in [4.78, 5) is 28.4.